The summed E-state index contributed by atoms with van der Waals surface area (Å²) in [6, 6.07) is 6.16. The lowest BCUT2D eigenvalue weighted by Gasteiger charge is -2.45. The summed E-state index contributed by atoms with van der Waals surface area (Å²) in [5, 5.41) is 23.8. The zero-order valence-electron chi connectivity index (χ0n) is 15.7. The topological polar surface area (TPSA) is 85.4 Å². The van der Waals surface area contributed by atoms with Gasteiger partial charge in [0, 0.05) is 22.7 Å². The molecule has 0 amide bonds. The molecule has 0 saturated heterocycles. The van der Waals surface area contributed by atoms with Crippen molar-refractivity contribution in [2.75, 3.05) is 5.32 Å². The van der Waals surface area contributed by atoms with Gasteiger partial charge in [0.1, 0.15) is 0 Å². The molecule has 5 nitrogen and oxygen atoms in total. The van der Waals surface area contributed by atoms with Gasteiger partial charge in [-0.05, 0) is 53.8 Å². The highest BCUT2D eigenvalue weighted by atomic mass is 19.4. The van der Waals surface area contributed by atoms with Gasteiger partial charge in [-0.3, -0.25) is 4.79 Å². The van der Waals surface area contributed by atoms with Gasteiger partial charge in [0.15, 0.2) is 17.2 Å². The monoisotopic (exact) mass is 422 g/mol. The van der Waals surface area contributed by atoms with Crippen LogP contribution in [0.15, 0.2) is 47.4 Å². The summed E-state index contributed by atoms with van der Waals surface area (Å²) >= 11 is 0. The van der Waals surface area contributed by atoms with E-state index in [9.17, 15) is 32.6 Å². The van der Waals surface area contributed by atoms with Gasteiger partial charge in [-0.2, -0.15) is 13.2 Å². The van der Waals surface area contributed by atoms with Gasteiger partial charge in [0.05, 0.1) is 6.04 Å². The molecule has 158 valence electrons. The number of aliphatic hydroxyl groups is 1. The van der Waals surface area contributed by atoms with Crippen LogP contribution >= 0.6 is 0 Å². The second-order valence-corrected chi connectivity index (χ2v) is 7.61. The normalized spacial score (nSPS) is 23.9. The maximum Gasteiger partial charge on any atom is 0.419 e. The van der Waals surface area contributed by atoms with E-state index in [1.165, 1.54) is 37.4 Å². The summed E-state index contributed by atoms with van der Waals surface area (Å²) < 4.78 is 56.2. The highest BCUT2D eigenvalue weighted by Crippen LogP contribution is 2.53. The Hall–Kier alpha value is -3.07. The van der Waals surface area contributed by atoms with Gasteiger partial charge in [0.2, 0.25) is 0 Å². The van der Waals surface area contributed by atoms with Crippen LogP contribution in [-0.2, 0) is 0 Å². The van der Waals surface area contributed by atoms with Crippen molar-refractivity contribution in [3.63, 3.8) is 0 Å². The molecule has 1 aliphatic rings. The van der Waals surface area contributed by atoms with Crippen LogP contribution in [-0.4, -0.2) is 27.0 Å². The third-order valence-corrected chi connectivity index (χ3v) is 5.70. The van der Waals surface area contributed by atoms with E-state index in [0.29, 0.717) is 10.9 Å². The minimum absolute atomic E-state index is 0.106. The van der Waals surface area contributed by atoms with Crippen molar-refractivity contribution in [3.05, 3.63) is 69.9 Å². The summed E-state index contributed by atoms with van der Waals surface area (Å²) in [6.07, 6.45) is -4.34. The van der Waals surface area contributed by atoms with Crippen molar-refractivity contribution < 1.29 is 27.8 Å². The zero-order valence-corrected chi connectivity index (χ0v) is 15.7. The Kier molecular flexibility index (Phi) is 4.54. The molecule has 2 aromatic carbocycles. The van der Waals surface area contributed by atoms with E-state index in [0.717, 1.165) is 12.1 Å². The van der Waals surface area contributed by atoms with Gasteiger partial charge in [-0.25, -0.2) is 4.39 Å². The molecule has 3 atom stereocenters. The maximum absolute atomic E-state index is 14.1. The van der Waals surface area contributed by atoms with E-state index >= 15 is 0 Å². The predicted octanol–water partition coefficient (Wildman–Crippen LogP) is 4.33. The van der Waals surface area contributed by atoms with Crippen molar-refractivity contribution >= 4 is 16.5 Å². The number of aromatic nitrogens is 1. The average molecular weight is 422 g/mol. The fourth-order valence-corrected chi connectivity index (χ4v) is 4.20. The van der Waals surface area contributed by atoms with E-state index in [1.807, 2.05) is 0 Å². The number of phenols is 1. The third kappa shape index (κ3) is 3.00. The minimum Gasteiger partial charge on any atom is -0.505 e. The Labute approximate surface area is 168 Å². The van der Waals surface area contributed by atoms with Crippen molar-refractivity contribution in [2.24, 2.45) is 0 Å². The lowest BCUT2D eigenvalue weighted by molar-refractivity contribution is -0.272. The number of rotatable bonds is 2. The molecule has 0 fully saturated rings. The number of hydrogen-bond acceptors (Lipinski definition) is 4. The second-order valence-electron chi connectivity index (χ2n) is 7.61. The standard InChI is InChI=1S/C21H18F4N2O3/c1-10-9-20(30,21(23,24)25)18(14-7-15(22)17(28)8-13(10)14)27-16-4-2-3-12-11(16)5-6-26-19(12)29/h2-8,10,18,27-28,30H,9H2,1H3,(H,26,29). The number of anilines is 1. The number of pyridine rings is 1. The molecule has 0 aliphatic heterocycles. The smallest absolute Gasteiger partial charge is 0.419 e. The molecule has 1 aliphatic carbocycles. The number of benzene rings is 2. The summed E-state index contributed by atoms with van der Waals surface area (Å²) in [7, 11) is 0. The molecule has 4 rings (SSSR count). The number of hydrogen-bond donors (Lipinski definition) is 4. The van der Waals surface area contributed by atoms with Gasteiger partial charge >= 0.3 is 6.18 Å². The fourth-order valence-electron chi connectivity index (χ4n) is 4.20. The van der Waals surface area contributed by atoms with Crippen LogP contribution in [0.5, 0.6) is 5.75 Å². The summed E-state index contributed by atoms with van der Waals surface area (Å²) in [5.74, 6) is -2.55. The zero-order chi connectivity index (χ0) is 21.8. The van der Waals surface area contributed by atoms with Crippen LogP contribution < -0.4 is 10.9 Å². The lowest BCUT2D eigenvalue weighted by Crippen LogP contribution is -2.55. The van der Waals surface area contributed by atoms with Gasteiger partial charge in [0.25, 0.3) is 5.56 Å². The van der Waals surface area contributed by atoms with Crippen LogP contribution in [0, 0.1) is 5.82 Å². The molecular weight excluding hydrogens is 404 g/mol. The van der Waals surface area contributed by atoms with Crippen LogP contribution in [0.25, 0.3) is 10.8 Å². The van der Waals surface area contributed by atoms with Crippen molar-refractivity contribution in [2.45, 2.75) is 37.1 Å². The largest absolute Gasteiger partial charge is 0.505 e. The third-order valence-electron chi connectivity index (χ3n) is 5.70. The number of aromatic amines is 1. The summed E-state index contributed by atoms with van der Waals surface area (Å²) in [5.41, 5.74) is -3.24. The first-order valence-corrected chi connectivity index (χ1v) is 9.21. The SMILES string of the molecule is CC1CC(O)(C(F)(F)F)C(Nc2cccc3c(=O)[nH]ccc23)c2cc(F)c(O)cc21. The first kappa shape index (κ1) is 20.2. The number of nitrogens with one attached hydrogen (secondary N) is 2. The highest BCUT2D eigenvalue weighted by molar-refractivity contribution is 5.93. The first-order chi connectivity index (χ1) is 14.0. The molecule has 0 spiro atoms. The molecule has 0 radical (unpaired) electrons. The molecule has 0 bridgehead atoms. The maximum atomic E-state index is 14.1. The van der Waals surface area contributed by atoms with Crippen LogP contribution in [0.1, 0.15) is 36.4 Å². The van der Waals surface area contributed by atoms with Crippen LogP contribution in [0.3, 0.4) is 0 Å². The molecule has 3 aromatic rings. The van der Waals surface area contributed by atoms with Gasteiger partial charge < -0.3 is 20.5 Å². The van der Waals surface area contributed by atoms with Crippen LogP contribution in [0.4, 0.5) is 23.2 Å². The molecule has 1 heterocycles. The number of phenolic OH excluding ortho intramolecular Hbond substituents is 1. The van der Waals surface area contributed by atoms with E-state index in [2.05, 4.69) is 10.3 Å². The van der Waals surface area contributed by atoms with E-state index in [1.54, 1.807) is 0 Å². The summed E-state index contributed by atoms with van der Waals surface area (Å²) in [4.78, 5) is 14.5. The Balaban J connectivity index is 1.94. The van der Waals surface area contributed by atoms with Gasteiger partial charge in [-0.1, -0.05) is 13.0 Å². The lowest BCUT2D eigenvalue weighted by atomic mass is 9.70. The Morgan fingerprint density at radius 3 is 2.60 bits per heavy atom. The number of halogens is 4. The predicted molar refractivity (Wildman–Crippen MR) is 103 cm³/mol. The average Bonchev–Trinajstić information content (AvgIpc) is 2.66. The highest BCUT2D eigenvalue weighted by Gasteiger charge is 2.62. The first-order valence-electron chi connectivity index (χ1n) is 9.21. The number of aromatic hydroxyl groups is 1. The van der Waals surface area contributed by atoms with Gasteiger partial charge in [-0.15, -0.1) is 0 Å². The van der Waals surface area contributed by atoms with Crippen molar-refractivity contribution in [1.29, 1.82) is 0 Å². The Morgan fingerprint density at radius 1 is 1.17 bits per heavy atom. The molecule has 0 saturated carbocycles. The van der Waals surface area contributed by atoms with E-state index in [-0.39, 0.29) is 16.6 Å². The quantitative estimate of drug-likeness (QED) is 0.463. The van der Waals surface area contributed by atoms with Crippen LogP contribution in [0.2, 0.25) is 0 Å². The summed E-state index contributed by atoms with van der Waals surface area (Å²) in [6.45, 7) is 1.47. The Bertz CT molecular complexity index is 1190. The minimum atomic E-state index is -5.02. The van der Waals surface area contributed by atoms with Crippen molar-refractivity contribution in [3.8, 4) is 5.75 Å². The number of H-pyrrole nitrogens is 1. The van der Waals surface area contributed by atoms with E-state index in [4.69, 9.17) is 0 Å². The molecule has 30 heavy (non-hydrogen) atoms. The molecular formula is C21H18F4N2O3. The Morgan fingerprint density at radius 2 is 1.90 bits per heavy atom. The van der Waals surface area contributed by atoms with Crippen molar-refractivity contribution in [1.82, 2.24) is 4.98 Å². The molecule has 3 unspecified atom stereocenters. The van der Waals surface area contributed by atoms with E-state index < -0.39 is 47.3 Å². The molecule has 1 aromatic heterocycles. The second kappa shape index (κ2) is 6.73. The number of alkyl halides is 3. The molecule has 4 N–H and O–H groups in total. The molecule has 9 heteroatoms. The number of fused-ring (bicyclic) bond motifs is 2. The fraction of sp³-hybridized carbons (Fsp3) is 0.286.